The summed E-state index contributed by atoms with van der Waals surface area (Å²) in [5, 5.41) is 2.88. The lowest BCUT2D eigenvalue weighted by Crippen LogP contribution is -2.54. The van der Waals surface area contributed by atoms with E-state index < -0.39 is 6.04 Å². The minimum atomic E-state index is -0.488. The molecule has 1 atom stereocenters. The molecule has 1 aliphatic rings. The van der Waals surface area contributed by atoms with Crippen molar-refractivity contribution in [3.63, 3.8) is 0 Å². The zero-order valence-corrected chi connectivity index (χ0v) is 13.7. The third-order valence-corrected chi connectivity index (χ3v) is 3.54. The second kappa shape index (κ2) is 8.00. The molecule has 1 aromatic rings. The van der Waals surface area contributed by atoms with Crippen molar-refractivity contribution in [2.75, 3.05) is 31.5 Å². The minimum Gasteiger partial charge on any atom is -0.338 e. The van der Waals surface area contributed by atoms with E-state index in [9.17, 15) is 9.59 Å². The molecule has 0 aliphatic carbocycles. The van der Waals surface area contributed by atoms with Gasteiger partial charge in [-0.2, -0.15) is 0 Å². The van der Waals surface area contributed by atoms with Gasteiger partial charge in [-0.15, -0.1) is 12.4 Å². The summed E-state index contributed by atoms with van der Waals surface area (Å²) in [5.41, 5.74) is 7.48. The highest BCUT2D eigenvalue weighted by Gasteiger charge is 2.25. The van der Waals surface area contributed by atoms with Gasteiger partial charge in [0.15, 0.2) is 0 Å². The number of rotatable bonds is 2. The molecule has 0 spiro atoms. The predicted molar refractivity (Wildman–Crippen MR) is 89.2 cm³/mol. The van der Waals surface area contributed by atoms with Crippen molar-refractivity contribution in [2.24, 2.45) is 5.73 Å². The van der Waals surface area contributed by atoms with E-state index in [-0.39, 0.29) is 24.3 Å². The Balaban J connectivity index is 0.00000242. The van der Waals surface area contributed by atoms with E-state index in [2.05, 4.69) is 5.32 Å². The second-order valence-corrected chi connectivity index (χ2v) is 5.40. The molecule has 0 bridgehead atoms. The van der Waals surface area contributed by atoms with Crippen LogP contribution in [-0.2, 0) is 4.79 Å². The first kappa shape index (κ1) is 18.3. The molecule has 1 aliphatic heterocycles. The molecule has 7 heteroatoms. The number of piperazine rings is 1. The molecule has 1 heterocycles. The standard InChI is InChI=1S/C15H22N4O2.ClH/c1-11-4-3-5-13(10-11)17-15(21)19-8-6-18(7-9-19)14(20)12(2)16;/h3-5,10,12H,6-9,16H2,1-2H3,(H,17,21);1H/t12-;/m1./s1. The van der Waals surface area contributed by atoms with Crippen LogP contribution in [0, 0.1) is 6.92 Å². The van der Waals surface area contributed by atoms with E-state index in [0.717, 1.165) is 11.3 Å². The number of anilines is 1. The van der Waals surface area contributed by atoms with Gasteiger partial charge in [0.2, 0.25) is 5.91 Å². The van der Waals surface area contributed by atoms with E-state index in [1.165, 1.54) is 0 Å². The normalized spacial score (nSPS) is 15.8. The Bertz CT molecular complexity index is 528. The largest absolute Gasteiger partial charge is 0.338 e. The summed E-state index contributed by atoms with van der Waals surface area (Å²) < 4.78 is 0. The van der Waals surface area contributed by atoms with Crippen molar-refractivity contribution < 1.29 is 9.59 Å². The number of aryl methyl sites for hydroxylation is 1. The minimum absolute atomic E-state index is 0. The Labute approximate surface area is 137 Å². The lowest BCUT2D eigenvalue weighted by molar-refractivity contribution is -0.133. The SMILES string of the molecule is Cc1cccc(NC(=O)N2CCN(C(=O)[C@@H](C)N)CC2)c1.Cl. The van der Waals surface area contributed by atoms with E-state index in [1.54, 1.807) is 16.7 Å². The molecule has 3 amide bonds. The van der Waals surface area contributed by atoms with Gasteiger partial charge in [0.05, 0.1) is 6.04 Å². The zero-order valence-electron chi connectivity index (χ0n) is 12.9. The van der Waals surface area contributed by atoms with Gasteiger partial charge in [0.1, 0.15) is 0 Å². The van der Waals surface area contributed by atoms with E-state index in [1.807, 2.05) is 31.2 Å². The van der Waals surface area contributed by atoms with Crippen molar-refractivity contribution in [1.82, 2.24) is 9.80 Å². The Morgan fingerprint density at radius 1 is 1.18 bits per heavy atom. The summed E-state index contributed by atoms with van der Waals surface area (Å²) in [5.74, 6) is -0.0613. The highest BCUT2D eigenvalue weighted by atomic mass is 35.5. The number of nitrogens with two attached hydrogens (primary N) is 1. The van der Waals surface area contributed by atoms with Crippen molar-refractivity contribution in [1.29, 1.82) is 0 Å². The fraction of sp³-hybridized carbons (Fsp3) is 0.467. The van der Waals surface area contributed by atoms with Crippen LogP contribution in [0.5, 0.6) is 0 Å². The molecule has 0 saturated carbocycles. The van der Waals surface area contributed by atoms with E-state index in [0.29, 0.717) is 26.2 Å². The first-order valence-corrected chi connectivity index (χ1v) is 7.14. The average molecular weight is 327 g/mol. The topological polar surface area (TPSA) is 78.7 Å². The number of urea groups is 1. The Hall–Kier alpha value is -1.79. The van der Waals surface area contributed by atoms with E-state index in [4.69, 9.17) is 5.73 Å². The highest BCUT2D eigenvalue weighted by Crippen LogP contribution is 2.11. The summed E-state index contributed by atoms with van der Waals surface area (Å²) in [6.07, 6.45) is 0. The predicted octanol–water partition coefficient (Wildman–Crippen LogP) is 1.44. The van der Waals surface area contributed by atoms with Gasteiger partial charge in [-0.3, -0.25) is 4.79 Å². The first-order valence-electron chi connectivity index (χ1n) is 7.14. The van der Waals surface area contributed by atoms with Gasteiger partial charge in [-0.05, 0) is 31.5 Å². The highest BCUT2D eigenvalue weighted by molar-refractivity contribution is 5.89. The first-order chi connectivity index (χ1) is 9.97. The summed E-state index contributed by atoms with van der Waals surface area (Å²) in [6.45, 7) is 5.77. The third kappa shape index (κ3) is 4.61. The van der Waals surface area contributed by atoms with Crippen LogP contribution in [0.1, 0.15) is 12.5 Å². The van der Waals surface area contributed by atoms with Crippen LogP contribution in [0.3, 0.4) is 0 Å². The van der Waals surface area contributed by atoms with Crippen molar-refractivity contribution in [3.8, 4) is 0 Å². The summed E-state index contributed by atoms with van der Waals surface area (Å²) >= 11 is 0. The molecular weight excluding hydrogens is 304 g/mol. The van der Waals surface area contributed by atoms with Gasteiger partial charge in [0.25, 0.3) is 0 Å². The average Bonchev–Trinajstić information content (AvgIpc) is 2.46. The number of nitrogens with zero attached hydrogens (tertiary/aromatic N) is 2. The molecule has 1 fully saturated rings. The van der Waals surface area contributed by atoms with Crippen molar-refractivity contribution >= 4 is 30.0 Å². The number of halogens is 1. The zero-order chi connectivity index (χ0) is 15.4. The molecule has 0 unspecified atom stereocenters. The third-order valence-electron chi connectivity index (χ3n) is 3.54. The van der Waals surface area contributed by atoms with Crippen LogP contribution in [0.2, 0.25) is 0 Å². The summed E-state index contributed by atoms with van der Waals surface area (Å²) in [6, 6.07) is 7.05. The quantitative estimate of drug-likeness (QED) is 0.863. The molecule has 122 valence electrons. The Morgan fingerprint density at radius 3 is 2.32 bits per heavy atom. The Kier molecular flexibility index (Phi) is 6.64. The monoisotopic (exact) mass is 326 g/mol. The maximum absolute atomic E-state index is 12.2. The van der Waals surface area contributed by atoms with E-state index >= 15 is 0 Å². The van der Waals surface area contributed by atoms with Crippen LogP contribution < -0.4 is 11.1 Å². The number of carbonyl (C=O) groups is 2. The molecule has 22 heavy (non-hydrogen) atoms. The molecule has 1 saturated heterocycles. The molecule has 1 aromatic carbocycles. The van der Waals surface area contributed by atoms with Crippen LogP contribution in [-0.4, -0.2) is 54.0 Å². The number of carbonyl (C=O) groups excluding carboxylic acids is 2. The van der Waals surface area contributed by atoms with Crippen molar-refractivity contribution in [3.05, 3.63) is 29.8 Å². The van der Waals surface area contributed by atoms with Crippen molar-refractivity contribution in [2.45, 2.75) is 19.9 Å². The molecule has 0 aromatic heterocycles. The molecule has 3 N–H and O–H groups in total. The fourth-order valence-corrected chi connectivity index (χ4v) is 2.34. The van der Waals surface area contributed by atoms with Gasteiger partial charge < -0.3 is 20.9 Å². The summed E-state index contributed by atoms with van der Waals surface area (Å²) in [7, 11) is 0. The fourth-order valence-electron chi connectivity index (χ4n) is 2.34. The molecule has 6 nitrogen and oxygen atoms in total. The lowest BCUT2D eigenvalue weighted by atomic mass is 10.2. The number of hydrogen-bond acceptors (Lipinski definition) is 3. The van der Waals surface area contributed by atoms with Gasteiger partial charge in [-0.25, -0.2) is 4.79 Å². The Morgan fingerprint density at radius 2 is 1.77 bits per heavy atom. The van der Waals surface area contributed by atoms with Gasteiger partial charge >= 0.3 is 6.03 Å². The van der Waals surface area contributed by atoms with Gasteiger partial charge in [-0.1, -0.05) is 12.1 Å². The number of benzene rings is 1. The summed E-state index contributed by atoms with van der Waals surface area (Å²) in [4.78, 5) is 27.4. The second-order valence-electron chi connectivity index (χ2n) is 5.40. The number of hydrogen-bond donors (Lipinski definition) is 2. The number of amides is 3. The molecule has 0 radical (unpaired) electrons. The lowest BCUT2D eigenvalue weighted by Gasteiger charge is -2.35. The number of nitrogens with one attached hydrogen (secondary N) is 1. The van der Waals surface area contributed by atoms with Crippen LogP contribution in [0.15, 0.2) is 24.3 Å². The molecule has 2 rings (SSSR count). The maximum Gasteiger partial charge on any atom is 0.321 e. The smallest absolute Gasteiger partial charge is 0.321 e. The van der Waals surface area contributed by atoms with Crippen LogP contribution in [0.25, 0.3) is 0 Å². The van der Waals surface area contributed by atoms with Gasteiger partial charge in [0, 0.05) is 31.9 Å². The maximum atomic E-state index is 12.2. The van der Waals surface area contributed by atoms with Crippen LogP contribution >= 0.6 is 12.4 Å². The van der Waals surface area contributed by atoms with Crippen LogP contribution in [0.4, 0.5) is 10.5 Å². The molecular formula is C15H23ClN4O2.